The zero-order valence-electron chi connectivity index (χ0n) is 11.3. The molecule has 1 heterocycles. The molecule has 3 atom stereocenters. The van der Waals surface area contributed by atoms with Crippen molar-refractivity contribution < 1.29 is 14.7 Å². The number of hydrogen-bond donors (Lipinski definition) is 3. The van der Waals surface area contributed by atoms with E-state index in [1.54, 1.807) is 0 Å². The maximum Gasteiger partial charge on any atom is 0.355 e. The summed E-state index contributed by atoms with van der Waals surface area (Å²) in [5, 5.41) is 13.9. The van der Waals surface area contributed by atoms with Gasteiger partial charge >= 0.3 is 5.97 Å². The molecule has 1 amide bonds. The van der Waals surface area contributed by atoms with Gasteiger partial charge in [0.25, 0.3) is 0 Å². The lowest BCUT2D eigenvalue weighted by Gasteiger charge is -2.19. The molecule has 1 aliphatic rings. The maximum atomic E-state index is 12.2. The number of amides is 1. The van der Waals surface area contributed by atoms with Crippen LogP contribution in [0.2, 0.25) is 0 Å². The normalized spacial score (nSPS) is 23.5. The topological polar surface area (TPSA) is 105 Å². The van der Waals surface area contributed by atoms with Gasteiger partial charge < -0.3 is 16.2 Å². The molecule has 1 aliphatic carbocycles. The number of carbonyl (C=O) groups excluding carboxylic acids is 1. The third kappa shape index (κ3) is 3.16. The molecule has 2 rings (SSSR count). The number of carbonyl (C=O) groups is 2. The molecule has 0 spiro atoms. The molecule has 0 saturated heterocycles. The molecular formula is C13H19N3O3S. The van der Waals surface area contributed by atoms with E-state index in [1.807, 2.05) is 6.92 Å². The summed E-state index contributed by atoms with van der Waals surface area (Å²) in [6.45, 7) is 2.35. The smallest absolute Gasteiger partial charge is 0.355 e. The molecule has 0 radical (unpaired) electrons. The average molecular weight is 297 g/mol. The first kappa shape index (κ1) is 14.9. The molecular weight excluding hydrogens is 278 g/mol. The fraction of sp³-hybridized carbons (Fsp3) is 0.615. The molecule has 0 bridgehead atoms. The quantitative estimate of drug-likeness (QED) is 0.761. The molecule has 4 N–H and O–H groups in total. The second kappa shape index (κ2) is 6.32. The van der Waals surface area contributed by atoms with Crippen LogP contribution >= 0.6 is 11.3 Å². The number of rotatable bonds is 5. The van der Waals surface area contributed by atoms with Crippen LogP contribution in [0.1, 0.15) is 47.7 Å². The van der Waals surface area contributed by atoms with Crippen LogP contribution in [-0.4, -0.2) is 28.5 Å². The number of hydrogen-bond acceptors (Lipinski definition) is 5. The first-order valence-electron chi connectivity index (χ1n) is 6.72. The number of carboxylic acids is 1. The highest BCUT2D eigenvalue weighted by molar-refractivity contribution is 7.09. The van der Waals surface area contributed by atoms with Gasteiger partial charge in [0.2, 0.25) is 5.91 Å². The summed E-state index contributed by atoms with van der Waals surface area (Å²) in [4.78, 5) is 27.0. The number of nitrogens with two attached hydrogens (primary N) is 1. The Morgan fingerprint density at radius 3 is 2.95 bits per heavy atom. The molecule has 1 aromatic rings. The second-order valence-electron chi connectivity index (χ2n) is 5.14. The molecule has 0 aliphatic heterocycles. The van der Waals surface area contributed by atoms with Crippen molar-refractivity contribution >= 4 is 23.2 Å². The van der Waals surface area contributed by atoms with E-state index in [9.17, 15) is 9.59 Å². The van der Waals surface area contributed by atoms with Crippen molar-refractivity contribution in [1.82, 2.24) is 10.3 Å². The molecule has 6 nitrogen and oxygen atoms in total. The maximum absolute atomic E-state index is 12.2. The zero-order valence-corrected chi connectivity index (χ0v) is 12.2. The van der Waals surface area contributed by atoms with Gasteiger partial charge in [0.1, 0.15) is 5.01 Å². The lowest BCUT2D eigenvalue weighted by molar-refractivity contribution is -0.126. The van der Waals surface area contributed by atoms with Crippen LogP contribution in [-0.2, 0) is 4.79 Å². The van der Waals surface area contributed by atoms with E-state index in [2.05, 4.69) is 10.3 Å². The molecule has 110 valence electrons. The zero-order chi connectivity index (χ0) is 14.7. The van der Waals surface area contributed by atoms with Gasteiger partial charge in [-0.05, 0) is 32.2 Å². The van der Waals surface area contributed by atoms with Gasteiger partial charge in [-0.25, -0.2) is 9.78 Å². The molecule has 20 heavy (non-hydrogen) atoms. The Kier molecular flexibility index (Phi) is 4.72. The molecule has 3 unspecified atom stereocenters. The fourth-order valence-electron chi connectivity index (χ4n) is 2.63. The summed E-state index contributed by atoms with van der Waals surface area (Å²) in [7, 11) is 0. The lowest BCUT2D eigenvalue weighted by atomic mass is 9.95. The van der Waals surface area contributed by atoms with Crippen LogP contribution in [0.15, 0.2) is 5.38 Å². The summed E-state index contributed by atoms with van der Waals surface area (Å²) in [6.07, 6.45) is 2.91. The van der Waals surface area contributed by atoms with Gasteiger partial charge in [0, 0.05) is 11.3 Å². The van der Waals surface area contributed by atoms with Gasteiger partial charge in [-0.1, -0.05) is 6.42 Å². The Bertz CT molecular complexity index is 503. The number of aromatic carboxylic acids is 1. The Labute approximate surface area is 121 Å². The summed E-state index contributed by atoms with van der Waals surface area (Å²) in [6, 6.07) is -0.278. The van der Waals surface area contributed by atoms with Gasteiger partial charge in [0.05, 0.1) is 6.04 Å². The Hall–Kier alpha value is -1.47. The number of carboxylic acid groups (broad SMARTS) is 1. The first-order chi connectivity index (χ1) is 9.52. The van der Waals surface area contributed by atoms with Crippen molar-refractivity contribution in [3.05, 3.63) is 16.1 Å². The van der Waals surface area contributed by atoms with E-state index in [4.69, 9.17) is 10.8 Å². The van der Waals surface area contributed by atoms with E-state index < -0.39 is 5.97 Å². The minimum Gasteiger partial charge on any atom is -0.476 e. The largest absolute Gasteiger partial charge is 0.476 e. The van der Waals surface area contributed by atoms with Crippen molar-refractivity contribution in [2.45, 2.75) is 32.2 Å². The van der Waals surface area contributed by atoms with E-state index in [0.717, 1.165) is 19.3 Å². The van der Waals surface area contributed by atoms with E-state index >= 15 is 0 Å². The molecule has 0 aromatic carbocycles. The van der Waals surface area contributed by atoms with Crippen LogP contribution < -0.4 is 11.1 Å². The highest BCUT2D eigenvalue weighted by Gasteiger charge is 2.32. The van der Waals surface area contributed by atoms with E-state index in [-0.39, 0.29) is 29.5 Å². The van der Waals surface area contributed by atoms with Crippen molar-refractivity contribution in [2.24, 2.45) is 17.6 Å². The first-order valence-corrected chi connectivity index (χ1v) is 7.60. The molecule has 1 saturated carbocycles. The van der Waals surface area contributed by atoms with Gasteiger partial charge in [-0.2, -0.15) is 0 Å². The fourth-order valence-corrected chi connectivity index (χ4v) is 3.43. The van der Waals surface area contributed by atoms with Gasteiger partial charge in [-0.3, -0.25) is 4.79 Å². The minimum absolute atomic E-state index is 0.00229. The summed E-state index contributed by atoms with van der Waals surface area (Å²) in [5.41, 5.74) is 5.71. The van der Waals surface area contributed by atoms with Crippen molar-refractivity contribution in [3.63, 3.8) is 0 Å². The summed E-state index contributed by atoms with van der Waals surface area (Å²) >= 11 is 1.25. The van der Waals surface area contributed by atoms with Crippen LogP contribution in [0.25, 0.3) is 0 Å². The predicted molar refractivity (Wildman–Crippen MR) is 75.5 cm³/mol. The molecule has 1 fully saturated rings. The Balaban J connectivity index is 1.98. The third-order valence-electron chi connectivity index (χ3n) is 3.77. The van der Waals surface area contributed by atoms with Crippen molar-refractivity contribution in [1.29, 1.82) is 0 Å². The Morgan fingerprint density at radius 1 is 1.60 bits per heavy atom. The van der Waals surface area contributed by atoms with Crippen LogP contribution in [0.5, 0.6) is 0 Å². The van der Waals surface area contributed by atoms with Crippen molar-refractivity contribution in [3.8, 4) is 0 Å². The van der Waals surface area contributed by atoms with Gasteiger partial charge in [0.15, 0.2) is 5.69 Å². The standard InChI is InChI=1S/C13H19N3O3S/c1-7(12-16-10(6-20-12)13(18)19)15-11(17)9-4-2-3-8(9)5-14/h6-9H,2-5,14H2,1H3,(H,15,17)(H,18,19). The van der Waals surface area contributed by atoms with E-state index in [0.29, 0.717) is 11.6 Å². The lowest BCUT2D eigenvalue weighted by Crippen LogP contribution is -2.36. The highest BCUT2D eigenvalue weighted by Crippen LogP contribution is 2.31. The number of nitrogens with one attached hydrogen (secondary N) is 1. The monoisotopic (exact) mass is 297 g/mol. The second-order valence-corrected chi connectivity index (χ2v) is 6.03. The third-order valence-corrected chi connectivity index (χ3v) is 4.80. The SMILES string of the molecule is CC(NC(=O)C1CCCC1CN)c1nc(C(=O)O)cs1. The highest BCUT2D eigenvalue weighted by atomic mass is 32.1. The van der Waals surface area contributed by atoms with Crippen molar-refractivity contribution in [2.75, 3.05) is 6.54 Å². The van der Waals surface area contributed by atoms with Crippen LogP contribution in [0.4, 0.5) is 0 Å². The molecule has 1 aromatic heterocycles. The number of aromatic nitrogens is 1. The van der Waals surface area contributed by atoms with Crippen LogP contribution in [0, 0.1) is 11.8 Å². The number of nitrogens with zero attached hydrogens (tertiary/aromatic N) is 1. The number of thiazole rings is 1. The van der Waals surface area contributed by atoms with Gasteiger partial charge in [-0.15, -0.1) is 11.3 Å². The predicted octanol–water partition coefficient (Wildman–Crippen LogP) is 1.39. The van der Waals surface area contributed by atoms with E-state index in [1.165, 1.54) is 16.7 Å². The average Bonchev–Trinajstić information content (AvgIpc) is 3.07. The summed E-state index contributed by atoms with van der Waals surface area (Å²) < 4.78 is 0. The minimum atomic E-state index is -1.05. The molecule has 7 heteroatoms. The van der Waals surface area contributed by atoms with Crippen LogP contribution in [0.3, 0.4) is 0 Å². The summed E-state index contributed by atoms with van der Waals surface area (Å²) in [5.74, 6) is -0.822. The Morgan fingerprint density at radius 2 is 2.35 bits per heavy atom.